The van der Waals surface area contributed by atoms with Crippen LogP contribution in [0.3, 0.4) is 0 Å². The highest BCUT2D eigenvalue weighted by Crippen LogP contribution is 2.35. The Morgan fingerprint density at radius 1 is 1.06 bits per heavy atom. The summed E-state index contributed by atoms with van der Waals surface area (Å²) in [6.45, 7) is 14.7. The van der Waals surface area contributed by atoms with E-state index in [0.29, 0.717) is 11.7 Å². The smallest absolute Gasteiger partial charge is 0.127 e. The molecule has 3 atom stereocenters. The summed E-state index contributed by atoms with van der Waals surface area (Å²) in [4.78, 5) is 9.74. The number of phenolic OH excluding ortho intramolecular Hbond substituents is 1. The third kappa shape index (κ3) is 6.54. The topological polar surface area (TPSA) is 65.2 Å². The van der Waals surface area contributed by atoms with Gasteiger partial charge in [0, 0.05) is 23.6 Å². The van der Waals surface area contributed by atoms with E-state index in [1.165, 1.54) is 0 Å². The molecule has 0 bridgehead atoms. The van der Waals surface area contributed by atoms with Gasteiger partial charge in [0.15, 0.2) is 0 Å². The predicted molar refractivity (Wildman–Crippen MR) is 140 cm³/mol. The molecule has 2 N–H and O–H groups in total. The van der Waals surface area contributed by atoms with Crippen molar-refractivity contribution in [2.75, 3.05) is 0 Å². The van der Waals surface area contributed by atoms with Crippen LogP contribution in [0.1, 0.15) is 71.4 Å². The number of benzene rings is 1. The van der Waals surface area contributed by atoms with Crippen molar-refractivity contribution in [3.8, 4) is 5.75 Å². The van der Waals surface area contributed by atoms with Crippen LogP contribution in [0.25, 0.3) is 0 Å². The first-order chi connectivity index (χ1) is 15.6. The standard InChI is InChI=1S/C29H40N2O2/c1-19(2)14-21-10-9-11-22(27(21)32)17-30-25-12-7-8-13-26(25)31-18-23-15-20(3)16-24(28(23)33)29(4,5)6/h9-11,15-19,25-26,28,32-33H,3,7-8,12-14H2,1-2,4-6H3/t25-,26-,28?/m0/s1. The SMILES string of the molecule is C=C1C=C(C=N[C@H]2CCCC[C@@H]2N=Cc2cccc(CC(C)C)c2O)C(O)C(C(C)(C)C)=C1. The quantitative estimate of drug-likeness (QED) is 0.507. The van der Waals surface area contributed by atoms with Crippen molar-refractivity contribution in [1.82, 2.24) is 0 Å². The summed E-state index contributed by atoms with van der Waals surface area (Å²) in [5.41, 5.74) is 4.24. The van der Waals surface area contributed by atoms with Crippen LogP contribution < -0.4 is 0 Å². The normalized spacial score (nSPS) is 24.6. The molecular formula is C29H40N2O2. The zero-order valence-corrected chi connectivity index (χ0v) is 20.9. The zero-order chi connectivity index (χ0) is 24.2. The number of phenols is 1. The fourth-order valence-electron chi connectivity index (χ4n) is 4.64. The predicted octanol–water partition coefficient (Wildman–Crippen LogP) is 6.22. The van der Waals surface area contributed by atoms with Gasteiger partial charge in [-0.05, 0) is 59.4 Å². The fraction of sp³-hybridized carbons (Fsp3) is 0.517. The largest absolute Gasteiger partial charge is 0.507 e. The molecule has 4 nitrogen and oxygen atoms in total. The highest BCUT2D eigenvalue weighted by molar-refractivity contribution is 5.85. The third-order valence-electron chi connectivity index (χ3n) is 6.46. The fourth-order valence-corrected chi connectivity index (χ4v) is 4.64. The lowest BCUT2D eigenvalue weighted by atomic mass is 9.77. The first-order valence-corrected chi connectivity index (χ1v) is 12.2. The molecule has 0 heterocycles. The van der Waals surface area contributed by atoms with Crippen molar-refractivity contribution < 1.29 is 10.2 Å². The van der Waals surface area contributed by atoms with Gasteiger partial charge in [-0.25, -0.2) is 0 Å². The highest BCUT2D eigenvalue weighted by atomic mass is 16.3. The van der Waals surface area contributed by atoms with Crippen LogP contribution in [-0.4, -0.2) is 40.8 Å². The van der Waals surface area contributed by atoms with Crippen LogP contribution in [0, 0.1) is 11.3 Å². The summed E-state index contributed by atoms with van der Waals surface area (Å²) in [6, 6.07) is 6.03. The minimum Gasteiger partial charge on any atom is -0.507 e. The van der Waals surface area contributed by atoms with E-state index in [9.17, 15) is 10.2 Å². The lowest BCUT2D eigenvalue weighted by molar-refractivity contribution is 0.222. The number of allylic oxidation sites excluding steroid dienone is 3. The summed E-state index contributed by atoms with van der Waals surface area (Å²) in [5, 5.41) is 21.6. The molecule has 2 aliphatic rings. The Balaban J connectivity index is 1.76. The van der Waals surface area contributed by atoms with E-state index in [1.54, 1.807) is 0 Å². The van der Waals surface area contributed by atoms with Crippen molar-refractivity contribution in [3.63, 3.8) is 0 Å². The van der Waals surface area contributed by atoms with Crippen molar-refractivity contribution in [3.05, 3.63) is 64.8 Å². The number of aliphatic hydroxyl groups is 1. The number of nitrogens with zero attached hydrogens (tertiary/aromatic N) is 2. The van der Waals surface area contributed by atoms with E-state index in [2.05, 4.69) is 41.2 Å². The van der Waals surface area contributed by atoms with E-state index >= 15 is 0 Å². The van der Waals surface area contributed by atoms with Gasteiger partial charge in [-0.15, -0.1) is 0 Å². The molecule has 178 valence electrons. The van der Waals surface area contributed by atoms with Crippen LogP contribution in [0.4, 0.5) is 0 Å². The van der Waals surface area contributed by atoms with Crippen molar-refractivity contribution in [2.24, 2.45) is 21.3 Å². The molecule has 1 aromatic carbocycles. The average Bonchev–Trinajstić information content (AvgIpc) is 2.74. The molecule has 3 rings (SSSR count). The summed E-state index contributed by atoms with van der Waals surface area (Å²) < 4.78 is 0. The Labute approximate surface area is 199 Å². The molecule has 0 amide bonds. The molecule has 33 heavy (non-hydrogen) atoms. The average molecular weight is 449 g/mol. The summed E-state index contributed by atoms with van der Waals surface area (Å²) in [7, 11) is 0. The van der Waals surface area contributed by atoms with Gasteiger partial charge < -0.3 is 10.2 Å². The van der Waals surface area contributed by atoms with Gasteiger partial charge >= 0.3 is 0 Å². The van der Waals surface area contributed by atoms with Crippen molar-refractivity contribution >= 4 is 12.4 Å². The van der Waals surface area contributed by atoms with Gasteiger partial charge in [-0.3, -0.25) is 9.98 Å². The Morgan fingerprint density at radius 2 is 1.70 bits per heavy atom. The van der Waals surface area contributed by atoms with Crippen molar-refractivity contribution in [1.29, 1.82) is 0 Å². The van der Waals surface area contributed by atoms with Gasteiger partial charge in [-0.1, -0.05) is 72.2 Å². The van der Waals surface area contributed by atoms with Crippen LogP contribution in [-0.2, 0) is 6.42 Å². The number of aromatic hydroxyl groups is 1. The van der Waals surface area contributed by atoms with E-state index in [4.69, 9.17) is 9.98 Å². The molecule has 4 heteroatoms. The van der Waals surface area contributed by atoms with Gasteiger partial charge in [0.1, 0.15) is 11.9 Å². The molecule has 2 aliphatic carbocycles. The van der Waals surface area contributed by atoms with Crippen LogP contribution in [0.15, 0.2) is 63.6 Å². The number of rotatable bonds is 6. The van der Waals surface area contributed by atoms with E-state index in [0.717, 1.165) is 60.0 Å². The molecule has 1 fully saturated rings. The minimum atomic E-state index is -0.662. The third-order valence-corrected chi connectivity index (χ3v) is 6.46. The van der Waals surface area contributed by atoms with Gasteiger partial charge in [-0.2, -0.15) is 0 Å². The van der Waals surface area contributed by atoms with E-state index < -0.39 is 6.10 Å². The molecule has 1 unspecified atom stereocenters. The maximum Gasteiger partial charge on any atom is 0.127 e. The van der Waals surface area contributed by atoms with E-state index in [1.807, 2.05) is 42.8 Å². The molecule has 0 aliphatic heterocycles. The maximum absolute atomic E-state index is 10.9. The second kappa shape index (κ2) is 10.6. The van der Waals surface area contributed by atoms with Crippen molar-refractivity contribution in [2.45, 2.75) is 84.9 Å². The monoisotopic (exact) mass is 448 g/mol. The molecule has 0 spiro atoms. The van der Waals surface area contributed by atoms with Gasteiger partial charge in [0.05, 0.1) is 12.1 Å². The molecule has 1 aromatic rings. The number of aliphatic imine (C=N–C) groups is 2. The first-order valence-electron chi connectivity index (χ1n) is 12.2. The Kier molecular flexibility index (Phi) is 8.12. The summed E-state index contributed by atoms with van der Waals surface area (Å²) in [5.74, 6) is 0.815. The first kappa shape index (κ1) is 25.2. The lowest BCUT2D eigenvalue weighted by Crippen LogP contribution is -2.29. The number of hydrogen-bond acceptors (Lipinski definition) is 4. The maximum atomic E-state index is 10.9. The summed E-state index contributed by atoms with van der Waals surface area (Å²) in [6.07, 6.45) is 11.9. The van der Waals surface area contributed by atoms with Gasteiger partial charge in [0.2, 0.25) is 0 Å². The number of para-hydroxylation sites is 1. The van der Waals surface area contributed by atoms with E-state index in [-0.39, 0.29) is 17.5 Å². The highest BCUT2D eigenvalue weighted by Gasteiger charge is 2.29. The molecule has 0 saturated heterocycles. The molecule has 1 saturated carbocycles. The Bertz CT molecular complexity index is 976. The molecular weight excluding hydrogens is 408 g/mol. The van der Waals surface area contributed by atoms with Gasteiger partial charge in [0.25, 0.3) is 0 Å². The minimum absolute atomic E-state index is 0.0707. The Hall–Kier alpha value is -2.46. The number of hydrogen-bond donors (Lipinski definition) is 2. The second-order valence-electron chi connectivity index (χ2n) is 10.9. The van der Waals surface area contributed by atoms with Crippen LogP contribution in [0.2, 0.25) is 0 Å². The zero-order valence-electron chi connectivity index (χ0n) is 20.9. The second-order valence-corrected chi connectivity index (χ2v) is 10.9. The Morgan fingerprint density at radius 3 is 2.30 bits per heavy atom. The number of aliphatic hydroxyl groups excluding tert-OH is 1. The molecule has 0 aromatic heterocycles. The molecule has 0 radical (unpaired) electrons. The van der Waals surface area contributed by atoms with Crippen LogP contribution >= 0.6 is 0 Å². The van der Waals surface area contributed by atoms with Crippen LogP contribution in [0.5, 0.6) is 5.75 Å². The lowest BCUT2D eigenvalue weighted by Gasteiger charge is -2.31. The summed E-state index contributed by atoms with van der Waals surface area (Å²) >= 11 is 0.